The smallest absolute Gasteiger partial charge is 0.212 e. The van der Waals surface area contributed by atoms with Gasteiger partial charge in [-0.05, 0) is 24.8 Å². The minimum atomic E-state index is 0.609. The second-order valence-electron chi connectivity index (χ2n) is 4.69. The third-order valence-electron chi connectivity index (χ3n) is 3.38. The monoisotopic (exact) mass is 256 g/mol. The maximum Gasteiger partial charge on any atom is 0.212 e. The van der Waals surface area contributed by atoms with Gasteiger partial charge in [-0.25, -0.2) is 15.0 Å². The van der Waals surface area contributed by atoms with Gasteiger partial charge in [-0.1, -0.05) is 6.07 Å². The molecule has 2 heterocycles. The molecule has 19 heavy (non-hydrogen) atoms. The standard InChI is InChI=1S/C14H16N4O/c1-19-13-6-5-9(8-16-13)7-12-17-11-4-2-3-10(11)14(15)18-12/h5-6,8H,2-4,7H2,1H3,(H2,15,17,18). The van der Waals surface area contributed by atoms with Crippen LogP contribution in [0.25, 0.3) is 0 Å². The van der Waals surface area contributed by atoms with Crippen molar-refractivity contribution in [2.75, 3.05) is 12.8 Å². The van der Waals surface area contributed by atoms with Gasteiger partial charge >= 0.3 is 0 Å². The lowest BCUT2D eigenvalue weighted by Gasteiger charge is -2.07. The van der Waals surface area contributed by atoms with Crippen LogP contribution in [0.3, 0.4) is 0 Å². The van der Waals surface area contributed by atoms with Gasteiger partial charge in [0.05, 0.1) is 7.11 Å². The minimum absolute atomic E-state index is 0.609. The van der Waals surface area contributed by atoms with Crippen molar-refractivity contribution < 1.29 is 4.74 Å². The quantitative estimate of drug-likeness (QED) is 0.901. The highest BCUT2D eigenvalue weighted by molar-refractivity contribution is 5.45. The molecule has 5 nitrogen and oxygen atoms in total. The van der Waals surface area contributed by atoms with Gasteiger partial charge in [0.15, 0.2) is 0 Å². The molecule has 0 bridgehead atoms. The summed E-state index contributed by atoms with van der Waals surface area (Å²) in [6.45, 7) is 0. The Labute approximate surface area is 111 Å². The van der Waals surface area contributed by atoms with Crippen LogP contribution in [0.1, 0.15) is 29.1 Å². The number of fused-ring (bicyclic) bond motifs is 1. The molecule has 2 aromatic rings. The van der Waals surface area contributed by atoms with Crippen LogP contribution in [-0.2, 0) is 19.3 Å². The predicted octanol–water partition coefficient (Wildman–Crippen LogP) is 1.54. The van der Waals surface area contributed by atoms with Crippen LogP contribution in [0, 0.1) is 0 Å². The summed E-state index contributed by atoms with van der Waals surface area (Å²) in [5, 5.41) is 0. The van der Waals surface area contributed by atoms with Gasteiger partial charge in [-0.2, -0.15) is 0 Å². The second-order valence-corrected chi connectivity index (χ2v) is 4.69. The van der Waals surface area contributed by atoms with E-state index in [1.54, 1.807) is 13.3 Å². The van der Waals surface area contributed by atoms with E-state index in [2.05, 4.69) is 15.0 Å². The number of ether oxygens (including phenoxy) is 1. The van der Waals surface area contributed by atoms with Gasteiger partial charge in [-0.3, -0.25) is 0 Å². The molecule has 0 atom stereocenters. The average Bonchev–Trinajstić information content (AvgIpc) is 2.88. The van der Waals surface area contributed by atoms with Crippen LogP contribution in [0.4, 0.5) is 5.82 Å². The number of hydrogen-bond donors (Lipinski definition) is 1. The first-order chi connectivity index (χ1) is 9.26. The SMILES string of the molecule is COc1ccc(Cc2nc(N)c3c(n2)CCC3)cn1. The van der Waals surface area contributed by atoms with Crippen molar-refractivity contribution in [2.45, 2.75) is 25.7 Å². The molecular weight excluding hydrogens is 240 g/mol. The van der Waals surface area contributed by atoms with E-state index in [0.29, 0.717) is 18.1 Å². The van der Waals surface area contributed by atoms with Crippen molar-refractivity contribution in [2.24, 2.45) is 0 Å². The zero-order valence-corrected chi connectivity index (χ0v) is 10.9. The maximum absolute atomic E-state index is 5.99. The predicted molar refractivity (Wildman–Crippen MR) is 72.1 cm³/mol. The molecule has 0 amide bonds. The number of hydrogen-bond acceptors (Lipinski definition) is 5. The fourth-order valence-electron chi connectivity index (χ4n) is 2.41. The molecule has 3 rings (SSSR count). The number of anilines is 1. The molecule has 2 aromatic heterocycles. The number of rotatable bonds is 3. The van der Waals surface area contributed by atoms with E-state index in [1.807, 2.05) is 12.1 Å². The van der Waals surface area contributed by atoms with Crippen LogP contribution in [0.5, 0.6) is 5.88 Å². The number of pyridine rings is 1. The Morgan fingerprint density at radius 2 is 2.16 bits per heavy atom. The van der Waals surface area contributed by atoms with Crippen LogP contribution >= 0.6 is 0 Å². The number of nitrogens with two attached hydrogens (primary N) is 1. The fourth-order valence-corrected chi connectivity index (χ4v) is 2.41. The molecule has 0 saturated carbocycles. The molecule has 0 saturated heterocycles. The summed E-state index contributed by atoms with van der Waals surface area (Å²) in [5.74, 6) is 2.02. The van der Waals surface area contributed by atoms with E-state index in [0.717, 1.165) is 41.9 Å². The van der Waals surface area contributed by atoms with Crippen molar-refractivity contribution in [3.63, 3.8) is 0 Å². The molecule has 5 heteroatoms. The molecule has 0 radical (unpaired) electrons. The Hall–Kier alpha value is -2.17. The molecule has 1 aliphatic rings. The Bertz CT molecular complexity index is 595. The Kier molecular flexibility index (Phi) is 3.03. The largest absolute Gasteiger partial charge is 0.481 e. The first kappa shape index (κ1) is 11.9. The van der Waals surface area contributed by atoms with Crippen LogP contribution in [0.2, 0.25) is 0 Å². The zero-order chi connectivity index (χ0) is 13.2. The van der Waals surface area contributed by atoms with Gasteiger partial charge in [0.2, 0.25) is 5.88 Å². The van der Waals surface area contributed by atoms with E-state index in [1.165, 1.54) is 0 Å². The van der Waals surface area contributed by atoms with E-state index < -0.39 is 0 Å². The normalized spacial score (nSPS) is 13.3. The van der Waals surface area contributed by atoms with Gasteiger partial charge in [0, 0.05) is 29.9 Å². The summed E-state index contributed by atoms with van der Waals surface area (Å²) in [7, 11) is 1.60. The lowest BCUT2D eigenvalue weighted by molar-refractivity contribution is 0.397. The number of nitrogen functional groups attached to an aromatic ring is 1. The molecule has 0 fully saturated rings. The zero-order valence-electron chi connectivity index (χ0n) is 10.9. The number of aryl methyl sites for hydroxylation is 1. The lowest BCUT2D eigenvalue weighted by Crippen LogP contribution is -2.06. The molecule has 0 aromatic carbocycles. The van der Waals surface area contributed by atoms with E-state index in [4.69, 9.17) is 10.5 Å². The number of aromatic nitrogens is 3. The second kappa shape index (κ2) is 4.84. The highest BCUT2D eigenvalue weighted by atomic mass is 16.5. The van der Waals surface area contributed by atoms with Gasteiger partial charge in [0.25, 0.3) is 0 Å². The lowest BCUT2D eigenvalue weighted by atomic mass is 10.2. The van der Waals surface area contributed by atoms with E-state index >= 15 is 0 Å². The first-order valence-electron chi connectivity index (χ1n) is 6.39. The van der Waals surface area contributed by atoms with Crippen molar-refractivity contribution in [1.29, 1.82) is 0 Å². The number of nitrogens with zero attached hydrogens (tertiary/aromatic N) is 3. The molecular formula is C14H16N4O. The van der Waals surface area contributed by atoms with Crippen molar-refractivity contribution in [3.8, 4) is 5.88 Å². The van der Waals surface area contributed by atoms with E-state index in [-0.39, 0.29) is 0 Å². The van der Waals surface area contributed by atoms with Crippen molar-refractivity contribution in [3.05, 3.63) is 41.0 Å². The summed E-state index contributed by atoms with van der Waals surface area (Å²) < 4.78 is 5.04. The Morgan fingerprint density at radius 3 is 2.89 bits per heavy atom. The van der Waals surface area contributed by atoms with Gasteiger partial charge in [0.1, 0.15) is 11.6 Å². The molecule has 1 aliphatic carbocycles. The average molecular weight is 256 g/mol. The molecule has 2 N–H and O–H groups in total. The summed E-state index contributed by atoms with van der Waals surface area (Å²) >= 11 is 0. The molecule has 0 unspecified atom stereocenters. The van der Waals surface area contributed by atoms with Crippen LogP contribution in [-0.4, -0.2) is 22.1 Å². The molecule has 98 valence electrons. The summed E-state index contributed by atoms with van der Waals surface area (Å²) in [6, 6.07) is 3.81. The first-order valence-corrected chi connectivity index (χ1v) is 6.39. The molecule has 0 aliphatic heterocycles. The molecule has 0 spiro atoms. The Morgan fingerprint density at radius 1 is 1.26 bits per heavy atom. The topological polar surface area (TPSA) is 73.9 Å². The van der Waals surface area contributed by atoms with Gasteiger partial charge in [-0.15, -0.1) is 0 Å². The van der Waals surface area contributed by atoms with Crippen molar-refractivity contribution in [1.82, 2.24) is 15.0 Å². The third-order valence-corrected chi connectivity index (χ3v) is 3.38. The van der Waals surface area contributed by atoms with E-state index in [9.17, 15) is 0 Å². The Balaban J connectivity index is 1.84. The van der Waals surface area contributed by atoms with Crippen molar-refractivity contribution >= 4 is 5.82 Å². The maximum atomic E-state index is 5.99. The van der Waals surface area contributed by atoms with Crippen LogP contribution < -0.4 is 10.5 Å². The minimum Gasteiger partial charge on any atom is -0.481 e. The summed E-state index contributed by atoms with van der Waals surface area (Å²) in [6.07, 6.45) is 5.57. The highest BCUT2D eigenvalue weighted by Crippen LogP contribution is 2.24. The fraction of sp³-hybridized carbons (Fsp3) is 0.357. The number of methoxy groups -OCH3 is 1. The summed E-state index contributed by atoms with van der Waals surface area (Å²) in [4.78, 5) is 13.2. The van der Waals surface area contributed by atoms with Gasteiger partial charge < -0.3 is 10.5 Å². The third kappa shape index (κ3) is 2.36. The highest BCUT2D eigenvalue weighted by Gasteiger charge is 2.17. The summed E-state index contributed by atoms with van der Waals surface area (Å²) in [5.41, 5.74) is 9.29. The van der Waals surface area contributed by atoms with Crippen LogP contribution in [0.15, 0.2) is 18.3 Å².